The Morgan fingerprint density at radius 1 is 1.56 bits per heavy atom. The zero-order valence-electron chi connectivity index (χ0n) is 9.80. The predicted octanol–water partition coefficient (Wildman–Crippen LogP) is 2.24. The third kappa shape index (κ3) is 2.28. The van der Waals surface area contributed by atoms with Gasteiger partial charge in [-0.25, -0.2) is 0 Å². The molecule has 0 aromatic rings. The molecule has 16 heavy (non-hydrogen) atoms. The minimum atomic E-state index is 0.0396. The van der Waals surface area contributed by atoms with E-state index in [4.69, 9.17) is 4.74 Å². The summed E-state index contributed by atoms with van der Waals surface area (Å²) in [5, 5.41) is 4.09. The van der Waals surface area contributed by atoms with Crippen molar-refractivity contribution in [1.29, 1.82) is 0 Å². The molecule has 1 N–H and O–H groups in total. The third-order valence-corrected chi connectivity index (χ3v) is 4.98. The smallest absolute Gasteiger partial charge is 0.226 e. The maximum Gasteiger partial charge on any atom is 0.226 e. The zero-order chi connectivity index (χ0) is 11.6. The Bertz CT molecular complexity index is 260. The Balaban J connectivity index is 1.92. The molecule has 1 amide bonds. The number of alkyl halides is 1. The van der Waals surface area contributed by atoms with Crippen molar-refractivity contribution in [3.63, 3.8) is 0 Å². The number of halogens is 1. The van der Waals surface area contributed by atoms with Gasteiger partial charge in [-0.05, 0) is 32.1 Å². The second-order valence-corrected chi connectivity index (χ2v) is 5.53. The molecule has 2 unspecified atom stereocenters. The van der Waals surface area contributed by atoms with Crippen LogP contribution in [0.4, 0.5) is 0 Å². The van der Waals surface area contributed by atoms with Crippen LogP contribution in [-0.2, 0) is 9.53 Å². The Hall–Kier alpha value is -0.0900. The van der Waals surface area contributed by atoms with E-state index in [1.807, 2.05) is 0 Å². The average molecular weight is 290 g/mol. The van der Waals surface area contributed by atoms with Gasteiger partial charge in [0.2, 0.25) is 5.91 Å². The second kappa shape index (κ2) is 5.05. The fraction of sp³-hybridized carbons (Fsp3) is 0.917. The quantitative estimate of drug-likeness (QED) is 0.806. The zero-order valence-corrected chi connectivity index (χ0v) is 11.4. The molecule has 4 heteroatoms. The van der Waals surface area contributed by atoms with Crippen molar-refractivity contribution < 1.29 is 9.53 Å². The lowest BCUT2D eigenvalue weighted by atomic mass is 9.78. The first kappa shape index (κ1) is 12.4. The van der Waals surface area contributed by atoms with E-state index >= 15 is 0 Å². The van der Waals surface area contributed by atoms with E-state index in [2.05, 4.69) is 28.2 Å². The van der Waals surface area contributed by atoms with Crippen molar-refractivity contribution in [2.45, 2.75) is 50.7 Å². The van der Waals surface area contributed by atoms with Gasteiger partial charge in [0.15, 0.2) is 0 Å². The van der Waals surface area contributed by atoms with E-state index in [1.165, 1.54) is 6.42 Å². The van der Waals surface area contributed by atoms with Crippen LogP contribution in [0, 0.1) is 5.92 Å². The molecule has 2 aliphatic rings. The van der Waals surface area contributed by atoms with Crippen LogP contribution in [-0.4, -0.2) is 29.5 Å². The van der Waals surface area contributed by atoms with E-state index in [1.54, 1.807) is 0 Å². The summed E-state index contributed by atoms with van der Waals surface area (Å²) in [6.07, 6.45) is 5.38. The molecule has 1 heterocycles. The van der Waals surface area contributed by atoms with Crippen molar-refractivity contribution in [2.24, 2.45) is 5.92 Å². The van der Waals surface area contributed by atoms with Gasteiger partial charge in [0.1, 0.15) is 0 Å². The highest BCUT2D eigenvalue weighted by Gasteiger charge is 2.41. The SMILES string of the molecule is CCC1OCCC1C(=O)NC1(CBr)CCC1. The topological polar surface area (TPSA) is 38.3 Å². The maximum absolute atomic E-state index is 12.2. The summed E-state index contributed by atoms with van der Waals surface area (Å²) < 4.78 is 5.56. The van der Waals surface area contributed by atoms with Crippen LogP contribution < -0.4 is 5.32 Å². The van der Waals surface area contributed by atoms with Crippen LogP contribution in [0.15, 0.2) is 0 Å². The minimum absolute atomic E-state index is 0.0396. The molecule has 1 aliphatic heterocycles. The summed E-state index contributed by atoms with van der Waals surface area (Å²) in [5.74, 6) is 0.269. The van der Waals surface area contributed by atoms with Crippen LogP contribution in [0.5, 0.6) is 0 Å². The highest BCUT2D eigenvalue weighted by atomic mass is 79.9. The number of hydrogen-bond acceptors (Lipinski definition) is 2. The second-order valence-electron chi connectivity index (χ2n) is 4.97. The molecule has 0 aromatic carbocycles. The molecular weight excluding hydrogens is 270 g/mol. The van der Waals surface area contributed by atoms with Gasteiger partial charge in [0.25, 0.3) is 0 Å². The molecule has 2 atom stereocenters. The monoisotopic (exact) mass is 289 g/mol. The number of hydrogen-bond donors (Lipinski definition) is 1. The summed E-state index contributed by atoms with van der Waals surface area (Å²) in [4.78, 5) is 12.2. The molecule has 1 aliphatic carbocycles. The minimum Gasteiger partial charge on any atom is -0.377 e. The summed E-state index contributed by atoms with van der Waals surface area (Å²) >= 11 is 3.51. The highest BCUT2D eigenvalue weighted by Crippen LogP contribution is 2.34. The molecule has 3 nitrogen and oxygen atoms in total. The van der Waals surface area contributed by atoms with E-state index in [9.17, 15) is 4.79 Å². The molecule has 0 spiro atoms. The lowest BCUT2D eigenvalue weighted by Crippen LogP contribution is -2.56. The molecule has 2 rings (SSSR count). The van der Waals surface area contributed by atoms with Gasteiger partial charge in [-0.15, -0.1) is 0 Å². The van der Waals surface area contributed by atoms with E-state index < -0.39 is 0 Å². The van der Waals surface area contributed by atoms with E-state index in [-0.39, 0.29) is 23.5 Å². The summed E-state index contributed by atoms with van der Waals surface area (Å²) in [7, 11) is 0. The first-order chi connectivity index (χ1) is 7.71. The van der Waals surface area contributed by atoms with Gasteiger partial charge in [0.05, 0.1) is 12.0 Å². The third-order valence-electron chi connectivity index (χ3n) is 3.90. The van der Waals surface area contributed by atoms with E-state index in [0.29, 0.717) is 0 Å². The lowest BCUT2D eigenvalue weighted by Gasteiger charge is -2.42. The number of carbonyl (C=O) groups excluding carboxylic acids is 1. The summed E-state index contributed by atoms with van der Waals surface area (Å²) in [6, 6.07) is 0. The molecular formula is C12H20BrNO2. The Morgan fingerprint density at radius 3 is 2.81 bits per heavy atom. The maximum atomic E-state index is 12.2. The number of amides is 1. The van der Waals surface area contributed by atoms with Gasteiger partial charge in [0, 0.05) is 17.5 Å². The molecule has 1 saturated heterocycles. The van der Waals surface area contributed by atoms with Gasteiger partial charge >= 0.3 is 0 Å². The Labute approximate surface area is 105 Å². The molecule has 1 saturated carbocycles. The van der Waals surface area contributed by atoms with Crippen molar-refractivity contribution in [1.82, 2.24) is 5.32 Å². The standard InChI is InChI=1S/C12H20BrNO2/c1-2-10-9(4-7-16-10)11(15)14-12(8-13)5-3-6-12/h9-10H,2-8H2,1H3,(H,14,15). The number of ether oxygens (including phenoxy) is 1. The van der Waals surface area contributed by atoms with Gasteiger partial charge in [-0.1, -0.05) is 22.9 Å². The number of carbonyl (C=O) groups is 1. The van der Waals surface area contributed by atoms with Gasteiger partial charge < -0.3 is 10.1 Å². The number of rotatable bonds is 4. The lowest BCUT2D eigenvalue weighted by molar-refractivity contribution is -0.129. The Kier molecular flexibility index (Phi) is 3.90. The molecule has 0 aromatic heterocycles. The van der Waals surface area contributed by atoms with Crippen molar-refractivity contribution in [2.75, 3.05) is 11.9 Å². The van der Waals surface area contributed by atoms with Crippen molar-refractivity contribution in [3.8, 4) is 0 Å². The largest absolute Gasteiger partial charge is 0.377 e. The van der Waals surface area contributed by atoms with Gasteiger partial charge in [-0.2, -0.15) is 0 Å². The van der Waals surface area contributed by atoms with Gasteiger partial charge in [-0.3, -0.25) is 4.79 Å². The van der Waals surface area contributed by atoms with Crippen LogP contribution in [0.1, 0.15) is 39.0 Å². The van der Waals surface area contributed by atoms with Crippen molar-refractivity contribution in [3.05, 3.63) is 0 Å². The van der Waals surface area contributed by atoms with Crippen LogP contribution in [0.3, 0.4) is 0 Å². The van der Waals surface area contributed by atoms with Crippen LogP contribution >= 0.6 is 15.9 Å². The summed E-state index contributed by atoms with van der Waals surface area (Å²) in [5.41, 5.74) is 0.0396. The average Bonchev–Trinajstić information content (AvgIpc) is 2.71. The predicted molar refractivity (Wildman–Crippen MR) is 66.7 cm³/mol. The fourth-order valence-electron chi connectivity index (χ4n) is 2.60. The molecule has 92 valence electrons. The first-order valence-corrected chi connectivity index (χ1v) is 7.32. The highest BCUT2D eigenvalue weighted by molar-refractivity contribution is 9.09. The molecule has 2 fully saturated rings. The van der Waals surface area contributed by atoms with Crippen molar-refractivity contribution >= 4 is 21.8 Å². The number of nitrogens with one attached hydrogen (secondary N) is 1. The molecule has 0 radical (unpaired) electrons. The first-order valence-electron chi connectivity index (χ1n) is 6.20. The van der Waals surface area contributed by atoms with Crippen LogP contribution in [0.2, 0.25) is 0 Å². The van der Waals surface area contributed by atoms with E-state index in [0.717, 1.165) is 37.6 Å². The Morgan fingerprint density at radius 2 is 2.31 bits per heavy atom. The normalized spacial score (nSPS) is 32.1. The van der Waals surface area contributed by atoms with Crippen LogP contribution in [0.25, 0.3) is 0 Å². The molecule has 0 bridgehead atoms. The summed E-state index contributed by atoms with van der Waals surface area (Å²) in [6.45, 7) is 2.82. The fourth-order valence-corrected chi connectivity index (χ4v) is 3.30.